The van der Waals surface area contributed by atoms with Gasteiger partial charge in [0.1, 0.15) is 5.60 Å². The molecule has 0 aliphatic carbocycles. The fourth-order valence-corrected chi connectivity index (χ4v) is 5.82. The van der Waals surface area contributed by atoms with Crippen LogP contribution in [0.2, 0.25) is 0 Å². The van der Waals surface area contributed by atoms with Crippen LogP contribution in [0.5, 0.6) is 0 Å². The first kappa shape index (κ1) is 20.4. The third-order valence-electron chi connectivity index (χ3n) is 5.54. The number of ether oxygens (including phenoxy) is 1. The molecule has 0 aromatic carbocycles. The van der Waals surface area contributed by atoms with Crippen molar-refractivity contribution in [2.45, 2.75) is 45.3 Å². The molecule has 3 aliphatic rings. The van der Waals surface area contributed by atoms with E-state index in [0.29, 0.717) is 32.6 Å². The van der Waals surface area contributed by atoms with Crippen molar-refractivity contribution in [1.82, 2.24) is 14.7 Å². The molecule has 154 valence electrons. The summed E-state index contributed by atoms with van der Waals surface area (Å²) in [5.41, 5.74) is -0.492. The Balaban J connectivity index is 1.46. The lowest BCUT2D eigenvalue weighted by Gasteiger charge is -2.38. The van der Waals surface area contributed by atoms with Crippen molar-refractivity contribution < 1.29 is 22.7 Å². The molecule has 3 saturated heterocycles. The van der Waals surface area contributed by atoms with Gasteiger partial charge < -0.3 is 14.5 Å². The fourth-order valence-electron chi connectivity index (χ4n) is 4.08. The third-order valence-corrected chi connectivity index (χ3v) is 7.31. The quantitative estimate of drug-likeness (QED) is 0.673. The van der Waals surface area contributed by atoms with Crippen LogP contribution in [0.25, 0.3) is 0 Å². The molecule has 0 saturated carbocycles. The van der Waals surface area contributed by atoms with Crippen molar-refractivity contribution in [2.75, 3.05) is 50.8 Å². The number of amides is 2. The van der Waals surface area contributed by atoms with E-state index in [-0.39, 0.29) is 35.5 Å². The summed E-state index contributed by atoms with van der Waals surface area (Å²) in [6, 6.07) is 0.285. The molecule has 9 heteroatoms. The molecule has 0 unspecified atom stereocenters. The summed E-state index contributed by atoms with van der Waals surface area (Å²) in [4.78, 5) is 30.7. The molecule has 3 fully saturated rings. The average molecular weight is 402 g/mol. The van der Waals surface area contributed by atoms with Crippen LogP contribution >= 0.6 is 0 Å². The minimum atomic E-state index is -3.04. The predicted molar refractivity (Wildman–Crippen MR) is 101 cm³/mol. The van der Waals surface area contributed by atoms with Crippen molar-refractivity contribution in [2.24, 2.45) is 5.92 Å². The Morgan fingerprint density at radius 3 is 2.19 bits per heavy atom. The number of piperazine rings is 1. The number of carbonyl (C=O) groups is 2. The second-order valence-electron chi connectivity index (χ2n) is 8.83. The Morgan fingerprint density at radius 2 is 1.63 bits per heavy atom. The SMILES string of the molecule is CC(C)(C)OC(=O)N1CCN([C@H]2CCN(C(=O)[C@@H]3CCS(=O)(=O)C3)C2)CC1. The Kier molecular flexibility index (Phi) is 5.72. The summed E-state index contributed by atoms with van der Waals surface area (Å²) in [5.74, 6) is -0.238. The van der Waals surface area contributed by atoms with Crippen molar-refractivity contribution in [1.29, 1.82) is 0 Å². The molecule has 27 heavy (non-hydrogen) atoms. The maximum atomic E-state index is 12.6. The van der Waals surface area contributed by atoms with Gasteiger partial charge in [-0.3, -0.25) is 9.69 Å². The first-order valence-corrected chi connectivity index (χ1v) is 11.6. The van der Waals surface area contributed by atoms with E-state index in [1.165, 1.54) is 0 Å². The molecule has 2 amide bonds. The summed E-state index contributed by atoms with van der Waals surface area (Å²) in [6.45, 7) is 9.71. The molecule has 0 radical (unpaired) electrons. The van der Waals surface area contributed by atoms with Crippen LogP contribution in [0, 0.1) is 5.92 Å². The largest absolute Gasteiger partial charge is 0.444 e. The van der Waals surface area contributed by atoms with Crippen LogP contribution in [0.1, 0.15) is 33.6 Å². The topological polar surface area (TPSA) is 87.2 Å². The molecule has 0 N–H and O–H groups in total. The summed E-state index contributed by atoms with van der Waals surface area (Å²) in [5, 5.41) is 0. The first-order valence-electron chi connectivity index (χ1n) is 9.75. The third kappa shape index (κ3) is 5.13. The highest BCUT2D eigenvalue weighted by Crippen LogP contribution is 2.25. The molecule has 8 nitrogen and oxygen atoms in total. The zero-order chi connectivity index (χ0) is 19.8. The van der Waals surface area contributed by atoms with Crippen molar-refractivity contribution in [3.63, 3.8) is 0 Å². The molecule has 3 rings (SSSR count). The molecule has 0 aromatic heterocycles. The number of sulfone groups is 1. The monoisotopic (exact) mass is 401 g/mol. The standard InChI is InChI=1S/C18H31N3O5S/c1-18(2,3)26-17(23)20-9-7-19(8-10-20)15-4-6-21(12-15)16(22)14-5-11-27(24,25)13-14/h14-15H,4-13H2,1-3H3/t14-,15+/m1/s1. The van der Waals surface area contributed by atoms with Gasteiger partial charge in [0.15, 0.2) is 9.84 Å². The second kappa shape index (κ2) is 7.58. The van der Waals surface area contributed by atoms with Gasteiger partial charge in [-0.15, -0.1) is 0 Å². The molecule has 0 aromatic rings. The van der Waals surface area contributed by atoms with Gasteiger partial charge in [0.2, 0.25) is 5.91 Å². The summed E-state index contributed by atoms with van der Waals surface area (Å²) >= 11 is 0. The minimum absolute atomic E-state index is 0.00155. The zero-order valence-electron chi connectivity index (χ0n) is 16.5. The van der Waals surface area contributed by atoms with Gasteiger partial charge in [-0.25, -0.2) is 13.2 Å². The van der Waals surface area contributed by atoms with E-state index < -0.39 is 15.4 Å². The van der Waals surface area contributed by atoms with Gasteiger partial charge >= 0.3 is 6.09 Å². The lowest BCUT2D eigenvalue weighted by Crippen LogP contribution is -2.53. The Morgan fingerprint density at radius 1 is 0.963 bits per heavy atom. The first-order chi connectivity index (χ1) is 12.5. The summed E-state index contributed by atoms with van der Waals surface area (Å²) < 4.78 is 28.7. The molecule has 3 heterocycles. The maximum Gasteiger partial charge on any atom is 0.410 e. The van der Waals surface area contributed by atoms with E-state index in [2.05, 4.69) is 4.90 Å². The van der Waals surface area contributed by atoms with E-state index in [0.717, 1.165) is 19.5 Å². The van der Waals surface area contributed by atoms with E-state index in [9.17, 15) is 18.0 Å². The summed E-state index contributed by atoms with van der Waals surface area (Å²) in [7, 11) is -3.04. The number of carbonyl (C=O) groups excluding carboxylic acids is 2. The molecule has 0 bridgehead atoms. The normalized spacial score (nSPS) is 29.1. The molecular formula is C18H31N3O5S. The number of rotatable bonds is 2. The molecular weight excluding hydrogens is 370 g/mol. The lowest BCUT2D eigenvalue weighted by molar-refractivity contribution is -0.133. The van der Waals surface area contributed by atoms with Crippen molar-refractivity contribution >= 4 is 21.8 Å². The second-order valence-corrected chi connectivity index (χ2v) is 11.1. The van der Waals surface area contributed by atoms with Gasteiger partial charge in [-0.05, 0) is 33.6 Å². The highest BCUT2D eigenvalue weighted by Gasteiger charge is 2.39. The van der Waals surface area contributed by atoms with Crippen molar-refractivity contribution in [3.05, 3.63) is 0 Å². The van der Waals surface area contributed by atoms with E-state index in [1.54, 1.807) is 4.90 Å². The van der Waals surface area contributed by atoms with Gasteiger partial charge in [-0.1, -0.05) is 0 Å². The highest BCUT2D eigenvalue weighted by molar-refractivity contribution is 7.91. The van der Waals surface area contributed by atoms with Gasteiger partial charge in [-0.2, -0.15) is 0 Å². The van der Waals surface area contributed by atoms with Crippen LogP contribution in [0.3, 0.4) is 0 Å². The smallest absolute Gasteiger partial charge is 0.410 e. The number of nitrogens with zero attached hydrogens (tertiary/aromatic N) is 3. The van der Waals surface area contributed by atoms with Crippen molar-refractivity contribution in [3.8, 4) is 0 Å². The van der Waals surface area contributed by atoms with E-state index in [4.69, 9.17) is 4.74 Å². The van der Waals surface area contributed by atoms with Crippen LogP contribution < -0.4 is 0 Å². The Labute approximate surface area is 161 Å². The fraction of sp³-hybridized carbons (Fsp3) is 0.889. The van der Waals surface area contributed by atoms with E-state index >= 15 is 0 Å². The van der Waals surface area contributed by atoms with Gasteiger partial charge in [0, 0.05) is 45.3 Å². The van der Waals surface area contributed by atoms with Crippen LogP contribution in [0.4, 0.5) is 4.79 Å². The van der Waals surface area contributed by atoms with Crippen LogP contribution in [-0.4, -0.2) is 97.5 Å². The predicted octanol–water partition coefficient (Wildman–Crippen LogP) is 0.575. The van der Waals surface area contributed by atoms with Gasteiger partial charge in [0.05, 0.1) is 17.4 Å². The lowest BCUT2D eigenvalue weighted by atomic mass is 10.1. The highest BCUT2D eigenvalue weighted by atomic mass is 32.2. The Bertz CT molecular complexity index is 680. The minimum Gasteiger partial charge on any atom is -0.444 e. The Hall–Kier alpha value is -1.35. The number of hydrogen-bond donors (Lipinski definition) is 0. The number of hydrogen-bond acceptors (Lipinski definition) is 6. The van der Waals surface area contributed by atoms with Gasteiger partial charge in [0.25, 0.3) is 0 Å². The maximum absolute atomic E-state index is 12.6. The number of likely N-dealkylation sites (tertiary alicyclic amines) is 1. The van der Waals surface area contributed by atoms with E-state index in [1.807, 2.05) is 25.7 Å². The molecule has 0 spiro atoms. The molecule has 2 atom stereocenters. The van der Waals surface area contributed by atoms with Crippen LogP contribution in [-0.2, 0) is 19.4 Å². The zero-order valence-corrected chi connectivity index (χ0v) is 17.3. The summed E-state index contributed by atoms with van der Waals surface area (Å²) in [6.07, 6.45) is 1.09. The average Bonchev–Trinajstić information content (AvgIpc) is 3.19. The molecule has 3 aliphatic heterocycles. The van der Waals surface area contributed by atoms with Crippen LogP contribution in [0.15, 0.2) is 0 Å².